The number of hydrogen-bond donors (Lipinski definition) is 1. The Bertz CT molecular complexity index is 405. The summed E-state index contributed by atoms with van der Waals surface area (Å²) in [5, 5.41) is 0. The summed E-state index contributed by atoms with van der Waals surface area (Å²) < 4.78 is 26.6. The average molecular weight is 253 g/mol. The van der Waals surface area contributed by atoms with Crippen molar-refractivity contribution in [1.82, 2.24) is 0 Å². The maximum absolute atomic E-state index is 13.3. The lowest BCUT2D eigenvalue weighted by atomic mass is 9.68. The molecule has 0 amide bonds. The largest absolute Gasteiger partial charge is 0.330 e. The van der Waals surface area contributed by atoms with Gasteiger partial charge >= 0.3 is 0 Å². The molecular weight excluding hydrogens is 232 g/mol. The lowest BCUT2D eigenvalue weighted by Crippen LogP contribution is -2.42. The first-order valence-corrected chi connectivity index (χ1v) is 6.69. The van der Waals surface area contributed by atoms with Gasteiger partial charge in [-0.05, 0) is 30.4 Å². The summed E-state index contributed by atoms with van der Waals surface area (Å²) in [4.78, 5) is 0. The van der Waals surface area contributed by atoms with Gasteiger partial charge < -0.3 is 5.73 Å². The molecule has 2 rings (SSSR count). The van der Waals surface area contributed by atoms with E-state index in [1.807, 2.05) is 12.1 Å². The van der Waals surface area contributed by atoms with Crippen molar-refractivity contribution in [2.75, 3.05) is 6.54 Å². The predicted molar refractivity (Wildman–Crippen MR) is 70.0 cm³/mol. The first kappa shape index (κ1) is 13.5. The van der Waals surface area contributed by atoms with Gasteiger partial charge in [-0.1, -0.05) is 31.2 Å². The lowest BCUT2D eigenvalue weighted by Gasteiger charge is -2.40. The Morgan fingerprint density at radius 1 is 1.17 bits per heavy atom. The molecule has 1 aromatic rings. The molecule has 1 aliphatic carbocycles. The van der Waals surface area contributed by atoms with Crippen molar-refractivity contribution in [3.8, 4) is 0 Å². The maximum atomic E-state index is 13.3. The molecule has 0 saturated heterocycles. The molecule has 0 unspecified atom stereocenters. The molecular formula is C15H21F2N. The van der Waals surface area contributed by atoms with E-state index >= 15 is 0 Å². The molecule has 2 N–H and O–H groups in total. The van der Waals surface area contributed by atoms with Crippen molar-refractivity contribution >= 4 is 0 Å². The maximum Gasteiger partial charge on any atom is 0.248 e. The Morgan fingerprint density at radius 2 is 1.83 bits per heavy atom. The molecule has 3 heteroatoms. The Morgan fingerprint density at radius 3 is 2.39 bits per heavy atom. The van der Waals surface area contributed by atoms with Crippen LogP contribution in [0.3, 0.4) is 0 Å². The van der Waals surface area contributed by atoms with E-state index in [-0.39, 0.29) is 18.3 Å². The summed E-state index contributed by atoms with van der Waals surface area (Å²) in [5.41, 5.74) is 8.05. The fourth-order valence-corrected chi connectivity index (χ4v) is 2.83. The number of halogens is 2. The van der Waals surface area contributed by atoms with Crippen LogP contribution in [0.1, 0.15) is 43.7 Å². The van der Waals surface area contributed by atoms with Crippen molar-refractivity contribution in [3.05, 3.63) is 35.4 Å². The van der Waals surface area contributed by atoms with E-state index in [0.717, 1.165) is 12.0 Å². The summed E-state index contributed by atoms with van der Waals surface area (Å²) in [6, 6.07) is 8.26. The minimum atomic E-state index is -2.50. The molecule has 1 aliphatic rings. The number of nitrogens with two attached hydrogens (primary N) is 1. The van der Waals surface area contributed by atoms with Gasteiger partial charge in [0.1, 0.15) is 0 Å². The third kappa shape index (κ3) is 2.56. The van der Waals surface area contributed by atoms with E-state index in [9.17, 15) is 8.78 Å². The monoisotopic (exact) mass is 253 g/mol. The van der Waals surface area contributed by atoms with Gasteiger partial charge in [-0.3, -0.25) is 0 Å². The number of alkyl halides is 2. The van der Waals surface area contributed by atoms with Crippen molar-refractivity contribution in [3.63, 3.8) is 0 Å². The highest BCUT2D eigenvalue weighted by Crippen LogP contribution is 2.44. The number of aryl methyl sites for hydroxylation is 1. The van der Waals surface area contributed by atoms with Crippen LogP contribution in [0.15, 0.2) is 24.3 Å². The van der Waals surface area contributed by atoms with Gasteiger partial charge in [0.2, 0.25) is 5.92 Å². The Hall–Kier alpha value is -0.960. The van der Waals surface area contributed by atoms with Crippen LogP contribution in [0.4, 0.5) is 8.78 Å². The smallest absolute Gasteiger partial charge is 0.248 e. The molecule has 1 aromatic carbocycles. The summed E-state index contributed by atoms with van der Waals surface area (Å²) >= 11 is 0. The van der Waals surface area contributed by atoms with E-state index < -0.39 is 5.92 Å². The van der Waals surface area contributed by atoms with Crippen molar-refractivity contribution in [2.45, 2.75) is 50.4 Å². The minimum absolute atomic E-state index is 0.0411. The molecule has 0 bridgehead atoms. The summed E-state index contributed by atoms with van der Waals surface area (Å²) in [6.45, 7) is 2.56. The van der Waals surface area contributed by atoms with Gasteiger partial charge in [0.25, 0.3) is 0 Å². The second-order valence-corrected chi connectivity index (χ2v) is 5.39. The van der Waals surface area contributed by atoms with Crippen LogP contribution < -0.4 is 5.73 Å². The first-order valence-electron chi connectivity index (χ1n) is 6.69. The van der Waals surface area contributed by atoms with E-state index in [2.05, 4.69) is 19.1 Å². The molecule has 1 nitrogen and oxygen atoms in total. The zero-order valence-electron chi connectivity index (χ0n) is 10.9. The van der Waals surface area contributed by atoms with Crippen LogP contribution in [0.2, 0.25) is 0 Å². The zero-order chi connectivity index (χ0) is 13.2. The van der Waals surface area contributed by atoms with Gasteiger partial charge in [-0.2, -0.15) is 0 Å². The van der Waals surface area contributed by atoms with Crippen LogP contribution in [0, 0.1) is 0 Å². The Labute approximate surface area is 107 Å². The Balaban J connectivity index is 2.27. The quantitative estimate of drug-likeness (QED) is 0.874. The summed E-state index contributed by atoms with van der Waals surface area (Å²) in [6.07, 6.45) is 1.86. The van der Waals surface area contributed by atoms with Gasteiger partial charge in [0.15, 0.2) is 0 Å². The molecule has 0 aromatic heterocycles. The van der Waals surface area contributed by atoms with Crippen LogP contribution in [0.25, 0.3) is 0 Å². The zero-order valence-corrected chi connectivity index (χ0v) is 10.9. The van der Waals surface area contributed by atoms with Crippen LogP contribution in [0.5, 0.6) is 0 Å². The van der Waals surface area contributed by atoms with Gasteiger partial charge in [-0.15, -0.1) is 0 Å². The SMILES string of the molecule is CCc1cccc(C2(CN)CCC(F)(F)CC2)c1. The highest BCUT2D eigenvalue weighted by Gasteiger charge is 2.43. The number of hydrogen-bond acceptors (Lipinski definition) is 1. The second-order valence-electron chi connectivity index (χ2n) is 5.39. The molecule has 18 heavy (non-hydrogen) atoms. The molecule has 1 fully saturated rings. The molecule has 1 saturated carbocycles. The summed E-state index contributed by atoms with van der Waals surface area (Å²) in [7, 11) is 0. The predicted octanol–water partition coefficient (Wildman–Crippen LogP) is 3.65. The Kier molecular flexibility index (Phi) is 3.71. The van der Waals surface area contributed by atoms with E-state index in [1.165, 1.54) is 5.56 Å². The van der Waals surface area contributed by atoms with Gasteiger partial charge in [0.05, 0.1) is 0 Å². The fraction of sp³-hybridized carbons (Fsp3) is 0.600. The van der Waals surface area contributed by atoms with Crippen LogP contribution >= 0.6 is 0 Å². The second kappa shape index (κ2) is 4.96. The van der Waals surface area contributed by atoms with Crippen molar-refractivity contribution < 1.29 is 8.78 Å². The third-order valence-corrected chi connectivity index (χ3v) is 4.28. The van der Waals surface area contributed by atoms with E-state index in [0.29, 0.717) is 19.4 Å². The number of rotatable bonds is 3. The third-order valence-electron chi connectivity index (χ3n) is 4.28. The molecule has 100 valence electrons. The van der Waals surface area contributed by atoms with Crippen molar-refractivity contribution in [1.29, 1.82) is 0 Å². The molecule has 0 atom stereocenters. The fourth-order valence-electron chi connectivity index (χ4n) is 2.83. The standard InChI is InChI=1S/C15H21F2N/c1-2-12-4-3-5-13(10-12)14(11-18)6-8-15(16,17)9-7-14/h3-5,10H,2,6-9,11,18H2,1H3. The number of benzene rings is 1. The van der Waals surface area contributed by atoms with E-state index in [4.69, 9.17) is 5.73 Å². The average Bonchev–Trinajstić information content (AvgIpc) is 2.39. The van der Waals surface area contributed by atoms with Crippen LogP contribution in [-0.4, -0.2) is 12.5 Å². The first-order chi connectivity index (χ1) is 8.51. The highest BCUT2D eigenvalue weighted by atomic mass is 19.3. The van der Waals surface area contributed by atoms with Gasteiger partial charge in [0, 0.05) is 24.8 Å². The molecule has 0 spiro atoms. The molecule has 0 heterocycles. The lowest BCUT2D eigenvalue weighted by molar-refractivity contribution is -0.0509. The topological polar surface area (TPSA) is 26.0 Å². The van der Waals surface area contributed by atoms with E-state index in [1.54, 1.807) is 0 Å². The molecule has 0 radical (unpaired) electrons. The summed E-state index contributed by atoms with van der Waals surface area (Å²) in [5.74, 6) is -2.50. The van der Waals surface area contributed by atoms with Crippen LogP contribution in [-0.2, 0) is 11.8 Å². The molecule has 0 aliphatic heterocycles. The van der Waals surface area contributed by atoms with Gasteiger partial charge in [-0.25, -0.2) is 8.78 Å². The van der Waals surface area contributed by atoms with Crippen molar-refractivity contribution in [2.24, 2.45) is 5.73 Å². The minimum Gasteiger partial charge on any atom is -0.330 e. The highest BCUT2D eigenvalue weighted by molar-refractivity contribution is 5.31. The normalized spacial score (nSPS) is 21.8.